The average molecular weight is 1110 g/mol. The van der Waals surface area contributed by atoms with Crippen molar-refractivity contribution in [1.29, 1.82) is 0 Å². The summed E-state index contributed by atoms with van der Waals surface area (Å²) in [4.78, 5) is 38.2. The van der Waals surface area contributed by atoms with Crippen molar-refractivity contribution in [2.24, 2.45) is 0 Å². The lowest BCUT2D eigenvalue weighted by Crippen LogP contribution is -2.30. The van der Waals surface area contributed by atoms with Crippen LogP contribution >= 0.6 is 0 Å². The number of allylic oxidation sites excluding steroid dienone is 29. The second-order valence-corrected chi connectivity index (χ2v) is 20.5. The number of hydrogen-bond acceptors (Lipinski definition) is 6. The fraction of sp³-hybridized carbons (Fsp3) is 0.560. The van der Waals surface area contributed by atoms with Crippen LogP contribution in [0.25, 0.3) is 0 Å². The zero-order chi connectivity index (χ0) is 58.5. The Morgan fingerprint density at radius 1 is 0.259 bits per heavy atom. The van der Waals surface area contributed by atoms with E-state index in [0.717, 1.165) is 148 Å². The quantitative estimate of drug-likeness (QED) is 0.0261. The predicted octanol–water partition coefficient (Wildman–Crippen LogP) is 22.4. The molecular formula is C75H116O6. The third-order valence-corrected chi connectivity index (χ3v) is 12.9. The fourth-order valence-corrected chi connectivity index (χ4v) is 8.22. The van der Waals surface area contributed by atoms with Crippen molar-refractivity contribution >= 4 is 17.9 Å². The van der Waals surface area contributed by atoms with Gasteiger partial charge in [-0.3, -0.25) is 14.4 Å². The number of rotatable bonds is 56. The number of carbonyl (C=O) groups excluding carboxylic acids is 3. The van der Waals surface area contributed by atoms with Gasteiger partial charge in [-0.25, -0.2) is 0 Å². The Hall–Kier alpha value is -5.49. The van der Waals surface area contributed by atoms with Gasteiger partial charge in [-0.2, -0.15) is 0 Å². The van der Waals surface area contributed by atoms with Crippen LogP contribution in [0.5, 0.6) is 0 Å². The third kappa shape index (κ3) is 65.2. The molecule has 0 aliphatic carbocycles. The molecule has 0 N–H and O–H groups in total. The summed E-state index contributed by atoms with van der Waals surface area (Å²) in [5.41, 5.74) is 0. The largest absolute Gasteiger partial charge is 0.462 e. The van der Waals surface area contributed by atoms with Gasteiger partial charge >= 0.3 is 17.9 Å². The molecule has 0 radical (unpaired) electrons. The molecule has 6 heteroatoms. The molecule has 0 bridgehead atoms. The zero-order valence-corrected chi connectivity index (χ0v) is 51.7. The molecule has 0 heterocycles. The van der Waals surface area contributed by atoms with E-state index in [1.54, 1.807) is 6.08 Å². The normalized spacial score (nSPS) is 13.4. The zero-order valence-electron chi connectivity index (χ0n) is 51.7. The van der Waals surface area contributed by atoms with Crippen LogP contribution in [0.1, 0.15) is 252 Å². The SMILES string of the molecule is CC/C=C\C/C=C\C/C=C\C/C=C\C/C=C\C/C=C\CCCCCCCCCCCCCCC(=O)OCC(COC(=O)C/C=C\C/C=C\C/C=C\C/C=C\C/C=C\CC)OC(=O)CCCCCC/C=C\C/C=C\C/C=C\C/C=C\CC. The Bertz CT molecular complexity index is 1900. The van der Waals surface area contributed by atoms with Crippen LogP contribution in [-0.4, -0.2) is 37.2 Å². The van der Waals surface area contributed by atoms with Crippen LogP contribution in [-0.2, 0) is 28.6 Å². The molecule has 0 aliphatic heterocycles. The van der Waals surface area contributed by atoms with Crippen LogP contribution in [0.2, 0.25) is 0 Å². The molecule has 0 aliphatic rings. The summed E-state index contributed by atoms with van der Waals surface area (Å²) >= 11 is 0. The van der Waals surface area contributed by atoms with Crippen LogP contribution in [0.4, 0.5) is 0 Å². The molecule has 1 atom stereocenters. The number of ether oxygens (including phenoxy) is 3. The molecular weight excluding hydrogens is 997 g/mol. The van der Waals surface area contributed by atoms with Crippen molar-refractivity contribution in [3.63, 3.8) is 0 Å². The van der Waals surface area contributed by atoms with Crippen molar-refractivity contribution < 1.29 is 28.6 Å². The second kappa shape index (κ2) is 67.0. The molecule has 0 saturated heterocycles. The number of hydrogen-bond donors (Lipinski definition) is 0. The highest BCUT2D eigenvalue weighted by Gasteiger charge is 2.19. The number of unbranched alkanes of at least 4 members (excludes halogenated alkanes) is 16. The Labute approximate surface area is 497 Å². The third-order valence-electron chi connectivity index (χ3n) is 12.9. The first-order valence-electron chi connectivity index (χ1n) is 32.3. The molecule has 0 aromatic carbocycles. The fourth-order valence-electron chi connectivity index (χ4n) is 8.22. The summed E-state index contributed by atoms with van der Waals surface area (Å²) in [6, 6.07) is 0. The van der Waals surface area contributed by atoms with Gasteiger partial charge in [0, 0.05) is 12.8 Å². The van der Waals surface area contributed by atoms with E-state index in [1.807, 2.05) is 6.08 Å². The summed E-state index contributed by atoms with van der Waals surface area (Å²) in [5, 5.41) is 0. The Morgan fingerprint density at radius 2 is 0.494 bits per heavy atom. The van der Waals surface area contributed by atoms with Crippen LogP contribution in [0, 0.1) is 0 Å². The minimum absolute atomic E-state index is 0.113. The van der Waals surface area contributed by atoms with Crippen molar-refractivity contribution in [1.82, 2.24) is 0 Å². The molecule has 0 amide bonds. The molecule has 0 aromatic rings. The van der Waals surface area contributed by atoms with Crippen molar-refractivity contribution in [3.8, 4) is 0 Å². The minimum atomic E-state index is -0.842. The highest BCUT2D eigenvalue weighted by Crippen LogP contribution is 2.15. The lowest BCUT2D eigenvalue weighted by molar-refractivity contribution is -0.166. The standard InChI is InChI=1S/C75H116O6/c1-4-7-10-13-16-19-22-25-28-30-31-32-33-34-35-36-37-38-39-40-41-42-43-45-47-50-53-56-59-62-65-68-74(77)80-71-72(70-79-73(76)67-64-61-58-55-52-49-46-27-24-21-18-15-12-9-6-3)81-75(78)69-66-63-60-57-54-51-48-44-29-26-23-20-17-14-11-8-5-2/h7-12,16-21,25-29,31-32,34-35,37-38,46,48,51-52,55,61,64,72H,4-6,13-15,22-24,30,33,36,39-45,47,49-50,53-54,56-60,62-63,65-71H2,1-3H3/b10-7-,11-8-,12-9-,19-16-,20-17-,21-18-,28-25-,29-26-,32-31-,35-34-,38-37-,46-27-,51-48-,55-52-,64-61-. The van der Waals surface area contributed by atoms with E-state index in [4.69, 9.17) is 14.2 Å². The van der Waals surface area contributed by atoms with Crippen molar-refractivity contribution in [2.45, 2.75) is 258 Å². The monoisotopic (exact) mass is 1110 g/mol. The molecule has 6 nitrogen and oxygen atoms in total. The minimum Gasteiger partial charge on any atom is -0.462 e. The summed E-state index contributed by atoms with van der Waals surface area (Å²) in [6.45, 7) is 6.18. The van der Waals surface area contributed by atoms with E-state index >= 15 is 0 Å². The summed E-state index contributed by atoms with van der Waals surface area (Å²) in [7, 11) is 0. The highest BCUT2D eigenvalue weighted by atomic mass is 16.6. The Kier molecular flexibility index (Phi) is 62.5. The van der Waals surface area contributed by atoms with Gasteiger partial charge in [0.25, 0.3) is 0 Å². The van der Waals surface area contributed by atoms with Crippen molar-refractivity contribution in [2.75, 3.05) is 13.2 Å². The van der Waals surface area contributed by atoms with E-state index in [9.17, 15) is 14.4 Å². The highest BCUT2D eigenvalue weighted by molar-refractivity contribution is 5.72. The van der Waals surface area contributed by atoms with E-state index in [2.05, 4.69) is 191 Å². The number of esters is 3. The lowest BCUT2D eigenvalue weighted by Gasteiger charge is -2.18. The van der Waals surface area contributed by atoms with Crippen LogP contribution < -0.4 is 0 Å². The smallest absolute Gasteiger partial charge is 0.309 e. The first-order valence-corrected chi connectivity index (χ1v) is 32.3. The summed E-state index contributed by atoms with van der Waals surface area (Å²) in [6.07, 6.45) is 101. The predicted molar refractivity (Wildman–Crippen MR) is 352 cm³/mol. The molecule has 0 aromatic heterocycles. The van der Waals surface area contributed by atoms with Gasteiger partial charge < -0.3 is 14.2 Å². The van der Waals surface area contributed by atoms with Gasteiger partial charge in [-0.15, -0.1) is 0 Å². The molecule has 0 spiro atoms. The van der Waals surface area contributed by atoms with Gasteiger partial charge in [0.2, 0.25) is 0 Å². The molecule has 81 heavy (non-hydrogen) atoms. The van der Waals surface area contributed by atoms with Gasteiger partial charge in [0.05, 0.1) is 6.42 Å². The Morgan fingerprint density at radius 3 is 0.802 bits per heavy atom. The lowest BCUT2D eigenvalue weighted by atomic mass is 10.0. The van der Waals surface area contributed by atoms with Gasteiger partial charge in [0.1, 0.15) is 13.2 Å². The second-order valence-electron chi connectivity index (χ2n) is 20.5. The first kappa shape index (κ1) is 75.5. The van der Waals surface area contributed by atoms with E-state index < -0.39 is 12.1 Å². The molecule has 0 fully saturated rings. The molecule has 0 saturated carbocycles. The molecule has 452 valence electrons. The first-order chi connectivity index (χ1) is 40.0. The Balaban J connectivity index is 4.40. The van der Waals surface area contributed by atoms with Crippen molar-refractivity contribution in [3.05, 3.63) is 182 Å². The number of carbonyl (C=O) groups is 3. The van der Waals surface area contributed by atoms with Gasteiger partial charge in [0.15, 0.2) is 6.10 Å². The van der Waals surface area contributed by atoms with E-state index in [0.29, 0.717) is 6.42 Å². The van der Waals surface area contributed by atoms with E-state index in [1.165, 1.54) is 64.2 Å². The van der Waals surface area contributed by atoms with Crippen LogP contribution in [0.3, 0.4) is 0 Å². The topological polar surface area (TPSA) is 78.9 Å². The molecule has 1 unspecified atom stereocenters. The van der Waals surface area contributed by atoms with E-state index in [-0.39, 0.29) is 38.0 Å². The maximum Gasteiger partial charge on any atom is 0.309 e. The van der Waals surface area contributed by atoms with Gasteiger partial charge in [-0.05, 0) is 135 Å². The summed E-state index contributed by atoms with van der Waals surface area (Å²) in [5.74, 6) is -1.09. The van der Waals surface area contributed by atoms with Gasteiger partial charge in [-0.1, -0.05) is 280 Å². The molecule has 0 rings (SSSR count). The maximum absolute atomic E-state index is 12.9. The summed E-state index contributed by atoms with van der Waals surface area (Å²) < 4.78 is 16.8. The maximum atomic E-state index is 12.9. The van der Waals surface area contributed by atoms with Crippen LogP contribution in [0.15, 0.2) is 182 Å². The average Bonchev–Trinajstić information content (AvgIpc) is 3.47.